The number of benzene rings is 2. The Bertz CT molecular complexity index is 3740. The highest BCUT2D eigenvalue weighted by Crippen LogP contribution is 2.30. The zero-order valence-corrected chi connectivity index (χ0v) is 39.2. The molecular weight excluding hydrogens is 941 g/mol. The van der Waals surface area contributed by atoms with Crippen molar-refractivity contribution in [3.05, 3.63) is 94.8 Å². The molecule has 73 heavy (non-hydrogen) atoms. The van der Waals surface area contributed by atoms with Gasteiger partial charge >= 0.3 is 5.97 Å². The molecule has 3 aliphatic heterocycles. The number of carbonyl (C=O) groups is 6. The van der Waals surface area contributed by atoms with Crippen LogP contribution in [0.3, 0.4) is 0 Å². The van der Waals surface area contributed by atoms with E-state index in [1.54, 1.807) is 55.1 Å². The number of imidazole rings is 2. The molecule has 2 aromatic carbocycles. The lowest BCUT2D eigenvalue weighted by Gasteiger charge is -2.20. The summed E-state index contributed by atoms with van der Waals surface area (Å²) in [5.41, 5.74) is 6.08. The van der Waals surface area contributed by atoms with E-state index in [1.165, 1.54) is 18.5 Å². The normalized spacial score (nSPS) is 19.0. The molecule has 0 spiro atoms. The Hall–Kier alpha value is -9.26. The molecule has 3 saturated heterocycles. The summed E-state index contributed by atoms with van der Waals surface area (Å²) in [5, 5.41) is 29.4. The first-order chi connectivity index (χ1) is 35.3. The molecule has 5 fully saturated rings. The van der Waals surface area contributed by atoms with E-state index in [9.17, 15) is 33.9 Å². The van der Waals surface area contributed by atoms with Crippen molar-refractivity contribution in [2.75, 3.05) is 37.8 Å². The Morgan fingerprint density at radius 1 is 0.685 bits per heavy atom. The molecular formula is C48H44N18O7. The maximum Gasteiger partial charge on any atom is 0.335 e. The summed E-state index contributed by atoms with van der Waals surface area (Å²) in [5.74, 6) is -0.862. The van der Waals surface area contributed by atoms with Crippen LogP contribution in [-0.2, 0) is 19.2 Å². The average Bonchev–Trinajstić information content (AvgIpc) is 3.81. The van der Waals surface area contributed by atoms with Crippen LogP contribution < -0.4 is 21.3 Å². The van der Waals surface area contributed by atoms with Gasteiger partial charge in [0.15, 0.2) is 11.3 Å². The van der Waals surface area contributed by atoms with E-state index in [2.05, 4.69) is 56.3 Å². The molecule has 25 nitrogen and oxygen atoms in total. The fraction of sp³-hybridized carbons (Fsp3) is 0.292. The quantitative estimate of drug-likeness (QED) is 0.0918. The second kappa shape index (κ2) is 17.5. The smallest absolute Gasteiger partial charge is 0.335 e. The van der Waals surface area contributed by atoms with Gasteiger partial charge in [-0.05, 0) is 94.7 Å². The summed E-state index contributed by atoms with van der Waals surface area (Å²) in [6.07, 6.45) is 14.7. The predicted octanol–water partition coefficient (Wildman–Crippen LogP) is 2.41. The van der Waals surface area contributed by atoms with Crippen LogP contribution in [0.25, 0.3) is 57.4 Å². The lowest BCUT2D eigenvalue weighted by molar-refractivity contribution is -0.125. The number of aromatic nitrogens is 12. The summed E-state index contributed by atoms with van der Waals surface area (Å²) in [7, 11) is 4.08. The first-order valence-corrected chi connectivity index (χ1v) is 23.6. The molecule has 6 aromatic heterocycles. The molecule has 13 rings (SSSR count). The highest BCUT2D eigenvalue weighted by molar-refractivity contribution is 6.16. The van der Waals surface area contributed by atoms with Gasteiger partial charge in [0.2, 0.25) is 35.6 Å². The predicted molar refractivity (Wildman–Crippen MR) is 261 cm³/mol. The number of carboxylic acid groups (broad SMARTS) is 1. The first-order valence-electron chi connectivity index (χ1n) is 23.6. The molecule has 25 heteroatoms. The molecule has 5 amide bonds. The van der Waals surface area contributed by atoms with Gasteiger partial charge in [-0.15, -0.1) is 0 Å². The summed E-state index contributed by atoms with van der Waals surface area (Å²) in [6, 6.07) is 11.1. The molecule has 1 atom stereocenters. The minimum atomic E-state index is -1.04. The second-order valence-electron chi connectivity index (χ2n) is 18.7. The van der Waals surface area contributed by atoms with E-state index in [1.807, 2.05) is 37.2 Å². The van der Waals surface area contributed by atoms with Gasteiger partial charge in [-0.1, -0.05) is 0 Å². The van der Waals surface area contributed by atoms with Crippen molar-refractivity contribution >= 4 is 92.9 Å². The highest BCUT2D eigenvalue weighted by Gasteiger charge is 2.31. The van der Waals surface area contributed by atoms with Crippen LogP contribution in [0, 0.1) is 0 Å². The second-order valence-corrected chi connectivity index (χ2v) is 18.7. The number of amides is 5. The number of aromatic carboxylic acids is 1. The van der Waals surface area contributed by atoms with Gasteiger partial charge in [-0.2, -0.15) is 39.2 Å². The molecule has 5 N–H and O–H groups in total. The van der Waals surface area contributed by atoms with Crippen molar-refractivity contribution in [3.8, 4) is 11.9 Å². The monoisotopic (exact) mass is 984 g/mol. The van der Waals surface area contributed by atoms with E-state index in [0.717, 1.165) is 44.2 Å². The number of likely N-dealkylation sites (tertiary alicyclic amines) is 1. The Labute approximate surface area is 412 Å². The van der Waals surface area contributed by atoms with Crippen molar-refractivity contribution in [1.29, 1.82) is 0 Å². The van der Waals surface area contributed by atoms with Gasteiger partial charge in [0.1, 0.15) is 12.7 Å². The number of imide groups is 2. The maximum absolute atomic E-state index is 13.2. The molecule has 8 aromatic rings. The third-order valence-corrected chi connectivity index (χ3v) is 13.2. The van der Waals surface area contributed by atoms with Gasteiger partial charge in [-0.3, -0.25) is 43.7 Å². The van der Waals surface area contributed by atoms with Crippen molar-refractivity contribution in [2.24, 2.45) is 0 Å². The Balaban J connectivity index is 0.000000151. The average molecular weight is 985 g/mol. The van der Waals surface area contributed by atoms with E-state index >= 15 is 0 Å². The first kappa shape index (κ1) is 44.9. The number of carbonyl (C=O) groups excluding carboxylic acids is 5. The Morgan fingerprint density at radius 2 is 1.18 bits per heavy atom. The number of hydrogen-bond acceptors (Lipinski definition) is 17. The van der Waals surface area contributed by atoms with Crippen LogP contribution in [0.5, 0.6) is 0 Å². The molecule has 1 unspecified atom stereocenters. The third kappa shape index (κ3) is 8.63. The number of carboxylic acids is 1. The van der Waals surface area contributed by atoms with Crippen LogP contribution in [0.1, 0.15) is 76.8 Å². The molecule has 9 heterocycles. The topological polar surface area (TPSA) is 299 Å². The molecule has 368 valence electrons. The number of nitrogens with one attached hydrogen (secondary N) is 4. The van der Waals surface area contributed by atoms with Crippen molar-refractivity contribution in [1.82, 2.24) is 78.7 Å². The molecule has 5 aliphatic rings. The number of nitrogens with zero attached hydrogens (tertiary/aromatic N) is 14. The zero-order valence-electron chi connectivity index (χ0n) is 39.2. The van der Waals surface area contributed by atoms with E-state index in [0.29, 0.717) is 98.1 Å². The van der Waals surface area contributed by atoms with Gasteiger partial charge in [-0.25, -0.2) is 14.8 Å². The standard InChI is InChI=1S/C27H28N10O3.C21H16N8O4/c1-34(2)19-7-8-35(13-19)25(40)15-3-6-21-20(10-15)28-14-36(21)26-32-23-17(9-16-11-22(38)31-24(16)39)12-29-37(23)27(33-26)30-18-4-5-18;30-16-7-11(18(31)25-16)5-12-8-23-29-17(12)26-20(27-21(29)24-13-2-3-13)28-9-22-14-6-10(19(32)33)1-4-15(14)28/h3,6,9-10,12,14,18-19H,4-5,7-8,11,13H2,1-2H3,(H,30,32,33)(H,31,38,39);1,4-6,8-9,13H,2-3,7H2,(H,32,33)(H,24,26,27)(H,25,30,31)/b16-9+;11-5+. The number of rotatable bonds is 11. The Morgan fingerprint density at radius 3 is 1.62 bits per heavy atom. The molecule has 0 bridgehead atoms. The summed E-state index contributed by atoms with van der Waals surface area (Å²) >= 11 is 0. The van der Waals surface area contributed by atoms with Crippen LogP contribution in [-0.4, -0.2) is 154 Å². The van der Waals surface area contributed by atoms with Crippen LogP contribution in [0.15, 0.2) is 72.6 Å². The summed E-state index contributed by atoms with van der Waals surface area (Å²) in [6.45, 7) is 1.45. The van der Waals surface area contributed by atoms with Crippen molar-refractivity contribution < 1.29 is 33.9 Å². The lowest BCUT2D eigenvalue weighted by atomic mass is 10.1. The molecule has 0 radical (unpaired) electrons. The van der Waals surface area contributed by atoms with Crippen LogP contribution in [0.2, 0.25) is 0 Å². The lowest BCUT2D eigenvalue weighted by Crippen LogP contribution is -2.34. The van der Waals surface area contributed by atoms with Crippen LogP contribution in [0.4, 0.5) is 11.9 Å². The number of hydrogen-bond donors (Lipinski definition) is 5. The molecule has 2 aliphatic carbocycles. The molecule has 2 saturated carbocycles. The minimum absolute atomic E-state index is 0.000631. The van der Waals surface area contributed by atoms with E-state index in [-0.39, 0.29) is 42.2 Å². The maximum atomic E-state index is 13.2. The van der Waals surface area contributed by atoms with E-state index < -0.39 is 17.8 Å². The Kier molecular flexibility index (Phi) is 10.8. The SMILES string of the molecule is CN(C)C1CCN(C(=O)c2ccc3c(c2)ncn3-c2nc(NC3CC3)n3ncc(/C=C4\CC(=O)NC4=O)c3n2)C1.O=C1C/C(=C\c2cnn3c(NC4CC4)nc(-n4cnc5cc(C(=O)O)ccc54)nc23)C(=O)N1. The van der Waals surface area contributed by atoms with Gasteiger partial charge in [0.05, 0.1) is 52.9 Å². The van der Waals surface area contributed by atoms with Gasteiger partial charge in [0.25, 0.3) is 17.7 Å². The minimum Gasteiger partial charge on any atom is -0.478 e. The van der Waals surface area contributed by atoms with Gasteiger partial charge < -0.3 is 25.5 Å². The van der Waals surface area contributed by atoms with Crippen LogP contribution >= 0.6 is 0 Å². The zero-order chi connectivity index (χ0) is 50.2. The highest BCUT2D eigenvalue weighted by atomic mass is 16.4. The van der Waals surface area contributed by atoms with E-state index in [4.69, 9.17) is 9.97 Å². The van der Waals surface area contributed by atoms with Gasteiger partial charge in [0, 0.05) is 59.1 Å². The fourth-order valence-corrected chi connectivity index (χ4v) is 8.95. The number of likely N-dealkylation sites (N-methyl/N-ethyl adjacent to an activating group) is 1. The fourth-order valence-electron chi connectivity index (χ4n) is 8.95. The number of fused-ring (bicyclic) bond motifs is 4. The number of anilines is 2. The largest absolute Gasteiger partial charge is 0.478 e. The van der Waals surface area contributed by atoms with Crippen molar-refractivity contribution in [3.63, 3.8) is 0 Å². The third-order valence-electron chi connectivity index (χ3n) is 13.2. The van der Waals surface area contributed by atoms with Crippen molar-refractivity contribution in [2.45, 2.75) is 63.1 Å². The summed E-state index contributed by atoms with van der Waals surface area (Å²) in [4.78, 5) is 104. The summed E-state index contributed by atoms with van der Waals surface area (Å²) < 4.78 is 6.60.